The number of nitrogens with one attached hydrogen (secondary N) is 2. The van der Waals surface area contributed by atoms with E-state index in [4.69, 9.17) is 4.74 Å². The minimum atomic E-state index is 0. The summed E-state index contributed by atoms with van der Waals surface area (Å²) in [5, 5.41) is 10.7. The van der Waals surface area contributed by atoms with E-state index in [-0.39, 0.29) is 24.0 Å². The van der Waals surface area contributed by atoms with Crippen LogP contribution in [0.5, 0.6) is 5.75 Å². The number of nitrogens with zero attached hydrogens (tertiary/aromatic N) is 3. The van der Waals surface area contributed by atoms with Crippen molar-refractivity contribution in [2.75, 3.05) is 20.2 Å². The average Bonchev–Trinajstić information content (AvgIpc) is 2.96. The maximum atomic E-state index is 5.64. The Morgan fingerprint density at radius 1 is 1.26 bits per heavy atom. The number of aliphatic imine (C=N–C) groups is 1. The van der Waals surface area contributed by atoms with Crippen LogP contribution in [0.3, 0.4) is 0 Å². The van der Waals surface area contributed by atoms with Crippen LogP contribution in [-0.4, -0.2) is 35.9 Å². The lowest BCUT2D eigenvalue weighted by Gasteiger charge is -2.11. The van der Waals surface area contributed by atoms with Gasteiger partial charge in [-0.15, -0.1) is 24.0 Å². The van der Waals surface area contributed by atoms with E-state index in [1.54, 1.807) is 11.7 Å². The molecule has 0 radical (unpaired) electrons. The second-order valence-corrected chi connectivity index (χ2v) is 4.89. The van der Waals surface area contributed by atoms with Crippen LogP contribution in [0, 0.1) is 0 Å². The first kappa shape index (κ1) is 19.3. The molecule has 6 nitrogen and oxygen atoms in total. The zero-order valence-corrected chi connectivity index (χ0v) is 15.9. The summed E-state index contributed by atoms with van der Waals surface area (Å²) >= 11 is 0. The van der Waals surface area contributed by atoms with Gasteiger partial charge in [0, 0.05) is 38.9 Å². The van der Waals surface area contributed by atoms with E-state index in [0.717, 1.165) is 30.2 Å². The number of aromatic nitrogens is 2. The van der Waals surface area contributed by atoms with Gasteiger partial charge in [-0.2, -0.15) is 5.10 Å². The predicted octanol–water partition coefficient (Wildman–Crippen LogP) is 2.17. The highest BCUT2D eigenvalue weighted by molar-refractivity contribution is 14.0. The molecule has 1 aromatic carbocycles. The Kier molecular flexibility index (Phi) is 9.11. The SMILES string of the molecule is CN=C(NCCCOc1ccccc1)NCc1cnn(C)c1.I. The summed E-state index contributed by atoms with van der Waals surface area (Å²) in [6.07, 6.45) is 4.73. The molecule has 1 heterocycles. The third-order valence-corrected chi connectivity index (χ3v) is 3.07. The van der Waals surface area contributed by atoms with Crippen LogP contribution in [0.1, 0.15) is 12.0 Å². The second-order valence-electron chi connectivity index (χ2n) is 4.89. The lowest BCUT2D eigenvalue weighted by Crippen LogP contribution is -2.37. The van der Waals surface area contributed by atoms with Gasteiger partial charge in [0.25, 0.3) is 0 Å². The lowest BCUT2D eigenvalue weighted by molar-refractivity contribution is 0.311. The number of rotatable bonds is 7. The molecular formula is C16H24IN5O. The fourth-order valence-electron chi connectivity index (χ4n) is 1.96. The van der Waals surface area contributed by atoms with Crippen molar-refractivity contribution >= 4 is 29.9 Å². The van der Waals surface area contributed by atoms with Crippen molar-refractivity contribution in [3.63, 3.8) is 0 Å². The van der Waals surface area contributed by atoms with Gasteiger partial charge in [-0.05, 0) is 18.6 Å². The van der Waals surface area contributed by atoms with E-state index in [1.165, 1.54) is 0 Å². The summed E-state index contributed by atoms with van der Waals surface area (Å²) in [7, 11) is 3.67. The van der Waals surface area contributed by atoms with Gasteiger partial charge in [-0.25, -0.2) is 0 Å². The van der Waals surface area contributed by atoms with E-state index in [0.29, 0.717) is 13.2 Å². The van der Waals surface area contributed by atoms with E-state index in [2.05, 4.69) is 20.7 Å². The number of hydrogen-bond donors (Lipinski definition) is 2. The molecule has 0 aliphatic carbocycles. The molecule has 0 aliphatic rings. The maximum absolute atomic E-state index is 5.64. The van der Waals surface area contributed by atoms with Crippen molar-refractivity contribution in [3.8, 4) is 5.75 Å². The Morgan fingerprint density at radius 2 is 2.04 bits per heavy atom. The number of aryl methyl sites for hydroxylation is 1. The van der Waals surface area contributed by atoms with Crippen LogP contribution in [0.25, 0.3) is 0 Å². The number of hydrogen-bond acceptors (Lipinski definition) is 3. The standard InChI is InChI=1S/C16H23N5O.HI/c1-17-16(19-11-14-12-20-21(2)13-14)18-9-6-10-22-15-7-4-3-5-8-15;/h3-5,7-8,12-13H,6,9-11H2,1-2H3,(H2,17,18,19);1H. The van der Waals surface area contributed by atoms with Gasteiger partial charge in [-0.1, -0.05) is 18.2 Å². The Hall–Kier alpha value is -1.77. The summed E-state index contributed by atoms with van der Waals surface area (Å²) in [6, 6.07) is 9.84. The maximum Gasteiger partial charge on any atom is 0.191 e. The third kappa shape index (κ3) is 7.36. The smallest absolute Gasteiger partial charge is 0.191 e. The van der Waals surface area contributed by atoms with Crippen LogP contribution in [0.4, 0.5) is 0 Å². The molecule has 0 spiro atoms. The molecule has 0 saturated heterocycles. The first-order chi connectivity index (χ1) is 10.8. The molecule has 1 aromatic heterocycles. The van der Waals surface area contributed by atoms with Gasteiger partial charge in [0.2, 0.25) is 0 Å². The highest BCUT2D eigenvalue weighted by Crippen LogP contribution is 2.07. The molecule has 0 amide bonds. The summed E-state index contributed by atoms with van der Waals surface area (Å²) < 4.78 is 7.43. The fraction of sp³-hybridized carbons (Fsp3) is 0.375. The van der Waals surface area contributed by atoms with E-state index in [9.17, 15) is 0 Å². The Labute approximate surface area is 154 Å². The Bertz CT molecular complexity index is 585. The average molecular weight is 429 g/mol. The largest absolute Gasteiger partial charge is 0.494 e. The van der Waals surface area contributed by atoms with Gasteiger partial charge in [-0.3, -0.25) is 9.67 Å². The number of guanidine groups is 1. The number of benzene rings is 1. The molecule has 0 bridgehead atoms. The topological polar surface area (TPSA) is 63.5 Å². The monoisotopic (exact) mass is 429 g/mol. The third-order valence-electron chi connectivity index (χ3n) is 3.07. The van der Waals surface area contributed by atoms with Crippen molar-refractivity contribution in [1.82, 2.24) is 20.4 Å². The van der Waals surface area contributed by atoms with Crippen LogP contribution in [0.15, 0.2) is 47.7 Å². The molecule has 2 N–H and O–H groups in total. The van der Waals surface area contributed by atoms with Crippen molar-refractivity contribution in [2.24, 2.45) is 12.0 Å². The summed E-state index contributed by atoms with van der Waals surface area (Å²) in [4.78, 5) is 4.19. The van der Waals surface area contributed by atoms with Crippen molar-refractivity contribution in [3.05, 3.63) is 48.3 Å². The first-order valence-electron chi connectivity index (χ1n) is 7.38. The van der Waals surface area contributed by atoms with E-state index in [1.807, 2.05) is 49.8 Å². The van der Waals surface area contributed by atoms with Gasteiger partial charge in [0.1, 0.15) is 5.75 Å². The molecule has 0 saturated carbocycles. The van der Waals surface area contributed by atoms with Crippen LogP contribution >= 0.6 is 24.0 Å². The molecule has 126 valence electrons. The Balaban J connectivity index is 0.00000264. The minimum absolute atomic E-state index is 0. The zero-order valence-electron chi connectivity index (χ0n) is 13.5. The summed E-state index contributed by atoms with van der Waals surface area (Å²) in [5.74, 6) is 1.69. The zero-order chi connectivity index (χ0) is 15.6. The van der Waals surface area contributed by atoms with Gasteiger partial charge < -0.3 is 15.4 Å². The quantitative estimate of drug-likeness (QED) is 0.307. The molecule has 0 unspecified atom stereocenters. The number of para-hydroxylation sites is 1. The van der Waals surface area contributed by atoms with Crippen molar-refractivity contribution in [1.29, 1.82) is 0 Å². The van der Waals surface area contributed by atoms with Crippen molar-refractivity contribution < 1.29 is 4.74 Å². The highest BCUT2D eigenvalue weighted by Gasteiger charge is 2.00. The molecule has 2 rings (SSSR count). The molecule has 7 heteroatoms. The molecular weight excluding hydrogens is 405 g/mol. The van der Waals surface area contributed by atoms with Gasteiger partial charge >= 0.3 is 0 Å². The van der Waals surface area contributed by atoms with Crippen LogP contribution in [-0.2, 0) is 13.6 Å². The second kappa shape index (κ2) is 10.9. The number of halogens is 1. The van der Waals surface area contributed by atoms with Gasteiger partial charge in [0.15, 0.2) is 5.96 Å². The molecule has 0 atom stereocenters. The fourth-order valence-corrected chi connectivity index (χ4v) is 1.96. The predicted molar refractivity (Wildman–Crippen MR) is 103 cm³/mol. The number of ether oxygens (including phenoxy) is 1. The molecule has 0 aliphatic heterocycles. The highest BCUT2D eigenvalue weighted by atomic mass is 127. The molecule has 0 fully saturated rings. The summed E-state index contributed by atoms with van der Waals surface area (Å²) in [5.41, 5.74) is 1.12. The molecule has 23 heavy (non-hydrogen) atoms. The molecule has 2 aromatic rings. The Morgan fingerprint density at radius 3 is 2.70 bits per heavy atom. The van der Waals surface area contributed by atoms with Crippen molar-refractivity contribution in [2.45, 2.75) is 13.0 Å². The van der Waals surface area contributed by atoms with Crippen LogP contribution in [0.2, 0.25) is 0 Å². The first-order valence-corrected chi connectivity index (χ1v) is 7.38. The minimum Gasteiger partial charge on any atom is -0.494 e. The van der Waals surface area contributed by atoms with Crippen LogP contribution < -0.4 is 15.4 Å². The lowest BCUT2D eigenvalue weighted by atomic mass is 10.3. The van der Waals surface area contributed by atoms with E-state index >= 15 is 0 Å². The van der Waals surface area contributed by atoms with E-state index < -0.39 is 0 Å². The van der Waals surface area contributed by atoms with Gasteiger partial charge in [0.05, 0.1) is 12.8 Å². The summed E-state index contributed by atoms with van der Waals surface area (Å²) in [6.45, 7) is 2.18. The normalized spacial score (nSPS) is 10.8.